The van der Waals surface area contributed by atoms with Gasteiger partial charge in [0.15, 0.2) is 0 Å². The maximum absolute atomic E-state index is 2.35. The van der Waals surface area contributed by atoms with Crippen LogP contribution in [0, 0.1) is 29.6 Å². The number of rotatable bonds is 15. The third kappa shape index (κ3) is 8.59. The van der Waals surface area contributed by atoms with Gasteiger partial charge < -0.3 is 0 Å². The third-order valence-electron chi connectivity index (χ3n) is 6.53. The first-order chi connectivity index (χ1) is 11.2. The van der Waals surface area contributed by atoms with E-state index in [9.17, 15) is 0 Å². The summed E-state index contributed by atoms with van der Waals surface area (Å²) in [7, 11) is 0. The Kier molecular flexibility index (Phi) is 9.06. The molecule has 2 saturated carbocycles. The van der Waals surface area contributed by atoms with Crippen LogP contribution in [0.5, 0.6) is 0 Å². The molecule has 2 fully saturated rings. The Morgan fingerprint density at radius 3 is 1.74 bits per heavy atom. The van der Waals surface area contributed by atoms with E-state index < -0.39 is 0 Å². The fourth-order valence-corrected chi connectivity index (χ4v) is 4.62. The van der Waals surface area contributed by atoms with E-state index >= 15 is 0 Å². The van der Waals surface area contributed by atoms with Gasteiger partial charge in [-0.05, 0) is 48.9 Å². The second-order valence-corrected chi connectivity index (χ2v) is 9.34. The molecule has 0 N–H and O–H groups in total. The number of unbranched alkanes of at least 4 members (excludes halogenated alkanes) is 7. The highest BCUT2D eigenvalue weighted by Gasteiger charge is 2.44. The minimum atomic E-state index is 0.902. The van der Waals surface area contributed by atoms with Crippen molar-refractivity contribution in [3.8, 4) is 0 Å². The van der Waals surface area contributed by atoms with Crippen molar-refractivity contribution in [1.82, 2.24) is 0 Å². The fourth-order valence-electron chi connectivity index (χ4n) is 4.62. The second kappa shape index (κ2) is 10.8. The highest BCUT2D eigenvalue weighted by Crippen LogP contribution is 2.54. The first-order valence-corrected chi connectivity index (χ1v) is 11.2. The summed E-state index contributed by atoms with van der Waals surface area (Å²) in [4.78, 5) is 0. The van der Waals surface area contributed by atoms with Gasteiger partial charge in [-0.2, -0.15) is 0 Å². The lowest BCUT2D eigenvalue weighted by Gasteiger charge is -2.04. The van der Waals surface area contributed by atoms with Crippen LogP contribution in [0.2, 0.25) is 0 Å². The predicted octanol–water partition coefficient (Wildman–Crippen LogP) is 8.01. The van der Waals surface area contributed by atoms with E-state index in [0.29, 0.717) is 0 Å². The normalized spacial score (nSPS) is 29.2. The smallest absolute Gasteiger partial charge is 0.0380 e. The molecule has 4 atom stereocenters. The second-order valence-electron chi connectivity index (χ2n) is 9.34. The largest absolute Gasteiger partial charge is 0.0654 e. The van der Waals surface area contributed by atoms with Gasteiger partial charge in [-0.3, -0.25) is 0 Å². The van der Waals surface area contributed by atoms with Gasteiger partial charge in [0.25, 0.3) is 0 Å². The first-order valence-electron chi connectivity index (χ1n) is 11.2. The van der Waals surface area contributed by atoms with E-state index in [0.717, 1.165) is 29.6 Å². The molecule has 23 heavy (non-hydrogen) atoms. The van der Waals surface area contributed by atoms with Gasteiger partial charge >= 0.3 is 0 Å². The summed E-state index contributed by atoms with van der Waals surface area (Å²) >= 11 is 0. The van der Waals surface area contributed by atoms with Crippen molar-refractivity contribution in [1.29, 1.82) is 0 Å². The molecular weight excluding hydrogens is 276 g/mol. The molecule has 2 rings (SSSR count). The molecule has 0 saturated heterocycles. The summed E-state index contributed by atoms with van der Waals surface area (Å²) in [5.41, 5.74) is 0. The molecule has 0 heteroatoms. The summed E-state index contributed by atoms with van der Waals surface area (Å²) in [5.74, 6) is 5.51. The first kappa shape index (κ1) is 19.3. The summed E-state index contributed by atoms with van der Waals surface area (Å²) in [6.07, 6.45) is 22.6. The minimum Gasteiger partial charge on any atom is -0.0654 e. The van der Waals surface area contributed by atoms with E-state index in [1.807, 2.05) is 0 Å². The lowest BCUT2D eigenvalue weighted by Crippen LogP contribution is -1.90. The molecule has 136 valence electrons. The SMILES string of the molecule is CCCCCC1CC1CC1CC1CCCCCCCCC(C)C. The Morgan fingerprint density at radius 2 is 1.17 bits per heavy atom. The topological polar surface area (TPSA) is 0 Å². The molecule has 0 amide bonds. The van der Waals surface area contributed by atoms with Crippen LogP contribution in [-0.4, -0.2) is 0 Å². The zero-order valence-corrected chi connectivity index (χ0v) is 16.5. The van der Waals surface area contributed by atoms with Gasteiger partial charge in [0.1, 0.15) is 0 Å². The zero-order valence-electron chi connectivity index (χ0n) is 16.5. The lowest BCUT2D eigenvalue weighted by molar-refractivity contribution is 0.490. The van der Waals surface area contributed by atoms with Crippen molar-refractivity contribution in [3.05, 3.63) is 0 Å². The molecule has 0 aromatic carbocycles. The molecule has 2 aliphatic carbocycles. The molecule has 0 radical (unpaired) electrons. The van der Waals surface area contributed by atoms with Crippen LogP contribution in [0.3, 0.4) is 0 Å². The van der Waals surface area contributed by atoms with Crippen LogP contribution in [-0.2, 0) is 0 Å². The highest BCUT2D eigenvalue weighted by atomic mass is 14.5. The molecule has 0 aromatic rings. The van der Waals surface area contributed by atoms with Crippen molar-refractivity contribution in [3.63, 3.8) is 0 Å². The molecule has 0 aliphatic heterocycles. The fraction of sp³-hybridized carbons (Fsp3) is 1.00. The molecule has 4 unspecified atom stereocenters. The Morgan fingerprint density at radius 1 is 0.652 bits per heavy atom. The minimum absolute atomic E-state index is 0.902. The molecular formula is C23H44. The van der Waals surface area contributed by atoms with E-state index in [1.54, 1.807) is 32.1 Å². The van der Waals surface area contributed by atoms with Crippen molar-refractivity contribution in [2.75, 3.05) is 0 Å². The predicted molar refractivity (Wildman–Crippen MR) is 104 cm³/mol. The van der Waals surface area contributed by atoms with Gasteiger partial charge in [0.2, 0.25) is 0 Å². The van der Waals surface area contributed by atoms with Crippen LogP contribution in [0.15, 0.2) is 0 Å². The molecule has 0 spiro atoms. The van der Waals surface area contributed by atoms with Gasteiger partial charge in [0, 0.05) is 0 Å². The van der Waals surface area contributed by atoms with Crippen LogP contribution >= 0.6 is 0 Å². The molecule has 2 aliphatic rings. The van der Waals surface area contributed by atoms with Crippen molar-refractivity contribution >= 4 is 0 Å². The average Bonchev–Trinajstić information content (AvgIpc) is 3.42. The van der Waals surface area contributed by atoms with Crippen LogP contribution in [0.25, 0.3) is 0 Å². The summed E-state index contributed by atoms with van der Waals surface area (Å²) in [6.45, 7) is 7.02. The molecule has 0 nitrogen and oxygen atoms in total. The lowest BCUT2D eigenvalue weighted by atomic mass is 10.0. The van der Waals surface area contributed by atoms with E-state index in [2.05, 4.69) is 20.8 Å². The van der Waals surface area contributed by atoms with E-state index in [4.69, 9.17) is 0 Å². The third-order valence-corrected chi connectivity index (χ3v) is 6.53. The van der Waals surface area contributed by atoms with E-state index in [1.165, 1.54) is 64.2 Å². The van der Waals surface area contributed by atoms with Crippen LogP contribution in [0.4, 0.5) is 0 Å². The van der Waals surface area contributed by atoms with Gasteiger partial charge in [-0.1, -0.05) is 97.8 Å². The number of hydrogen-bond donors (Lipinski definition) is 0. The Hall–Kier alpha value is 0. The molecule has 0 heterocycles. The summed E-state index contributed by atoms with van der Waals surface area (Å²) in [5, 5.41) is 0. The zero-order chi connectivity index (χ0) is 16.5. The Balaban J connectivity index is 1.33. The van der Waals surface area contributed by atoms with Crippen LogP contribution < -0.4 is 0 Å². The summed E-state index contributed by atoms with van der Waals surface area (Å²) < 4.78 is 0. The monoisotopic (exact) mass is 320 g/mol. The standard InChI is InChI=1S/C23H44/c1-4-5-10-14-20-16-22(20)18-23-17-21(23)15-12-9-7-6-8-11-13-19(2)3/h19-23H,4-18H2,1-3H3. The van der Waals surface area contributed by atoms with Gasteiger partial charge in [0.05, 0.1) is 0 Å². The van der Waals surface area contributed by atoms with Crippen LogP contribution in [0.1, 0.15) is 117 Å². The highest BCUT2D eigenvalue weighted by molar-refractivity contribution is 4.94. The Bertz CT molecular complexity index is 292. The quantitative estimate of drug-likeness (QED) is 0.268. The van der Waals surface area contributed by atoms with Gasteiger partial charge in [-0.15, -0.1) is 0 Å². The average molecular weight is 321 g/mol. The maximum atomic E-state index is 2.35. The van der Waals surface area contributed by atoms with E-state index in [-0.39, 0.29) is 0 Å². The molecule has 0 bridgehead atoms. The van der Waals surface area contributed by atoms with Gasteiger partial charge in [-0.25, -0.2) is 0 Å². The number of hydrogen-bond acceptors (Lipinski definition) is 0. The van der Waals surface area contributed by atoms with Crippen molar-refractivity contribution < 1.29 is 0 Å². The van der Waals surface area contributed by atoms with Crippen molar-refractivity contribution in [2.45, 2.75) is 117 Å². The Labute approximate surface area is 147 Å². The molecule has 0 aromatic heterocycles. The maximum Gasteiger partial charge on any atom is -0.0380 e. The van der Waals surface area contributed by atoms with Crippen molar-refractivity contribution in [2.24, 2.45) is 29.6 Å². The summed E-state index contributed by atoms with van der Waals surface area (Å²) in [6, 6.07) is 0.